The van der Waals surface area contributed by atoms with Crippen LogP contribution in [0.1, 0.15) is 5.56 Å². The van der Waals surface area contributed by atoms with E-state index in [1.807, 2.05) is 30.3 Å². The molecule has 5 heteroatoms. The first kappa shape index (κ1) is 13.2. The molecule has 0 aliphatic carbocycles. The molecule has 2 N–H and O–H groups in total. The smallest absolute Gasteiger partial charge is 0.155 e. The minimum absolute atomic E-state index is 0.472. The van der Waals surface area contributed by atoms with E-state index in [1.165, 1.54) is 11.8 Å². The Balaban J connectivity index is 1.59. The van der Waals surface area contributed by atoms with Crippen LogP contribution in [0.3, 0.4) is 0 Å². The van der Waals surface area contributed by atoms with Gasteiger partial charge in [0.25, 0.3) is 0 Å². The van der Waals surface area contributed by atoms with E-state index >= 15 is 0 Å². The standard InChI is InChI=1S/C16H15N3O2/c17-14-11-21-19-16(14)15-7-6-13(10-18-15)20-9-8-12-4-2-1-3-5-12/h1-7,10-11H,8-9,17H2. The molecule has 5 nitrogen and oxygen atoms in total. The quantitative estimate of drug-likeness (QED) is 0.778. The lowest BCUT2D eigenvalue weighted by Gasteiger charge is -2.06. The third kappa shape index (κ3) is 3.20. The van der Waals surface area contributed by atoms with Gasteiger partial charge in [0, 0.05) is 6.42 Å². The molecule has 21 heavy (non-hydrogen) atoms. The summed E-state index contributed by atoms with van der Waals surface area (Å²) in [5.41, 5.74) is 8.66. The molecule has 106 valence electrons. The number of benzene rings is 1. The molecule has 3 rings (SSSR count). The number of rotatable bonds is 5. The molecule has 0 aliphatic rings. The van der Waals surface area contributed by atoms with Crippen LogP contribution >= 0.6 is 0 Å². The van der Waals surface area contributed by atoms with E-state index in [2.05, 4.69) is 22.3 Å². The molecule has 0 radical (unpaired) electrons. The van der Waals surface area contributed by atoms with Gasteiger partial charge < -0.3 is 15.0 Å². The SMILES string of the molecule is Nc1conc1-c1ccc(OCCc2ccccc2)cn1. The minimum atomic E-state index is 0.472. The molecule has 0 saturated heterocycles. The maximum atomic E-state index is 5.73. The molecule has 0 atom stereocenters. The minimum Gasteiger partial charge on any atom is -0.492 e. The van der Waals surface area contributed by atoms with Gasteiger partial charge in [0.05, 0.1) is 18.5 Å². The second-order valence-electron chi connectivity index (χ2n) is 4.58. The summed E-state index contributed by atoms with van der Waals surface area (Å²) >= 11 is 0. The lowest BCUT2D eigenvalue weighted by Crippen LogP contribution is -2.01. The molecular formula is C16H15N3O2. The molecule has 0 fully saturated rings. The number of anilines is 1. The summed E-state index contributed by atoms with van der Waals surface area (Å²) < 4.78 is 10.5. The molecule has 1 aromatic carbocycles. The zero-order chi connectivity index (χ0) is 14.5. The van der Waals surface area contributed by atoms with E-state index in [9.17, 15) is 0 Å². The van der Waals surface area contributed by atoms with Crippen LogP contribution in [-0.2, 0) is 6.42 Å². The molecule has 0 unspecified atom stereocenters. The monoisotopic (exact) mass is 281 g/mol. The van der Waals surface area contributed by atoms with Crippen molar-refractivity contribution in [3.63, 3.8) is 0 Å². The first-order valence-corrected chi connectivity index (χ1v) is 6.66. The van der Waals surface area contributed by atoms with Crippen molar-refractivity contribution in [2.75, 3.05) is 12.3 Å². The van der Waals surface area contributed by atoms with Crippen molar-refractivity contribution in [1.82, 2.24) is 10.1 Å². The van der Waals surface area contributed by atoms with Crippen molar-refractivity contribution >= 4 is 5.69 Å². The molecule has 0 saturated carbocycles. The van der Waals surface area contributed by atoms with Gasteiger partial charge in [0.2, 0.25) is 0 Å². The molecule has 2 heterocycles. The van der Waals surface area contributed by atoms with E-state index < -0.39 is 0 Å². The molecule has 2 aromatic heterocycles. The number of nitrogens with two attached hydrogens (primary N) is 1. The molecule has 0 aliphatic heterocycles. The highest BCUT2D eigenvalue weighted by Crippen LogP contribution is 2.23. The van der Waals surface area contributed by atoms with Crippen LogP contribution in [0.4, 0.5) is 5.69 Å². The molecular weight excluding hydrogens is 266 g/mol. The van der Waals surface area contributed by atoms with Crippen LogP contribution in [0.2, 0.25) is 0 Å². The normalized spacial score (nSPS) is 10.5. The van der Waals surface area contributed by atoms with Gasteiger partial charge in [0.1, 0.15) is 17.7 Å². The van der Waals surface area contributed by atoms with Crippen molar-refractivity contribution in [2.45, 2.75) is 6.42 Å². The van der Waals surface area contributed by atoms with Crippen molar-refractivity contribution in [3.8, 4) is 17.1 Å². The maximum Gasteiger partial charge on any atom is 0.155 e. The summed E-state index contributed by atoms with van der Waals surface area (Å²) in [6.45, 7) is 0.608. The van der Waals surface area contributed by atoms with Crippen LogP contribution in [-0.4, -0.2) is 16.7 Å². The highest BCUT2D eigenvalue weighted by molar-refractivity contribution is 5.68. The van der Waals surface area contributed by atoms with Gasteiger partial charge in [-0.2, -0.15) is 0 Å². The van der Waals surface area contributed by atoms with Crippen LogP contribution in [0.15, 0.2) is 59.4 Å². The highest BCUT2D eigenvalue weighted by atomic mass is 16.5. The molecule has 0 bridgehead atoms. The van der Waals surface area contributed by atoms with Crippen molar-refractivity contribution in [1.29, 1.82) is 0 Å². The number of nitrogen functional groups attached to an aromatic ring is 1. The highest BCUT2D eigenvalue weighted by Gasteiger charge is 2.08. The summed E-state index contributed by atoms with van der Waals surface area (Å²) in [6, 6.07) is 13.9. The van der Waals surface area contributed by atoms with Gasteiger partial charge in [-0.1, -0.05) is 35.5 Å². The topological polar surface area (TPSA) is 74.2 Å². The van der Waals surface area contributed by atoms with Crippen molar-refractivity contribution in [2.24, 2.45) is 0 Å². The second kappa shape index (κ2) is 6.09. The van der Waals surface area contributed by atoms with Gasteiger partial charge in [0.15, 0.2) is 5.69 Å². The summed E-state index contributed by atoms with van der Waals surface area (Å²) in [5, 5.41) is 3.81. The van der Waals surface area contributed by atoms with Crippen molar-refractivity contribution in [3.05, 3.63) is 60.5 Å². The largest absolute Gasteiger partial charge is 0.492 e. The lowest BCUT2D eigenvalue weighted by molar-refractivity contribution is 0.321. The van der Waals surface area contributed by atoms with Gasteiger partial charge >= 0.3 is 0 Å². The Morgan fingerprint density at radius 2 is 1.95 bits per heavy atom. The van der Waals surface area contributed by atoms with Gasteiger partial charge in [-0.15, -0.1) is 0 Å². The summed E-state index contributed by atoms with van der Waals surface area (Å²) in [7, 11) is 0. The number of aromatic nitrogens is 2. The molecule has 0 spiro atoms. The lowest BCUT2D eigenvalue weighted by atomic mass is 10.2. The van der Waals surface area contributed by atoms with E-state index in [0.717, 1.165) is 12.2 Å². The fourth-order valence-corrected chi connectivity index (χ4v) is 1.98. The Hall–Kier alpha value is -2.82. The Kier molecular flexibility index (Phi) is 3.82. The summed E-state index contributed by atoms with van der Waals surface area (Å²) in [5.74, 6) is 0.719. The third-order valence-corrected chi connectivity index (χ3v) is 3.08. The second-order valence-corrected chi connectivity index (χ2v) is 4.58. The van der Waals surface area contributed by atoms with E-state index in [-0.39, 0.29) is 0 Å². The van der Waals surface area contributed by atoms with Crippen LogP contribution < -0.4 is 10.5 Å². The summed E-state index contributed by atoms with van der Waals surface area (Å²) in [4.78, 5) is 4.28. The zero-order valence-corrected chi connectivity index (χ0v) is 11.4. The van der Waals surface area contributed by atoms with Crippen molar-refractivity contribution < 1.29 is 9.26 Å². The fraction of sp³-hybridized carbons (Fsp3) is 0.125. The predicted molar refractivity (Wildman–Crippen MR) is 79.8 cm³/mol. The van der Waals surface area contributed by atoms with Crippen LogP contribution in [0.25, 0.3) is 11.4 Å². The first-order chi connectivity index (χ1) is 10.3. The molecule has 0 amide bonds. The number of pyridine rings is 1. The van der Waals surface area contributed by atoms with Gasteiger partial charge in [-0.25, -0.2) is 0 Å². The third-order valence-electron chi connectivity index (χ3n) is 3.08. The van der Waals surface area contributed by atoms with E-state index in [0.29, 0.717) is 23.7 Å². The van der Waals surface area contributed by atoms with E-state index in [1.54, 1.807) is 6.20 Å². The van der Waals surface area contributed by atoms with E-state index in [4.69, 9.17) is 15.0 Å². The Morgan fingerprint density at radius 3 is 2.62 bits per heavy atom. The Labute approximate surface area is 122 Å². The number of nitrogens with zero attached hydrogens (tertiary/aromatic N) is 2. The zero-order valence-electron chi connectivity index (χ0n) is 11.4. The van der Waals surface area contributed by atoms with Gasteiger partial charge in [-0.05, 0) is 17.7 Å². The number of hydrogen-bond donors (Lipinski definition) is 1. The number of hydrogen-bond acceptors (Lipinski definition) is 5. The fourth-order valence-electron chi connectivity index (χ4n) is 1.98. The Morgan fingerprint density at radius 1 is 1.10 bits per heavy atom. The van der Waals surface area contributed by atoms with Crippen LogP contribution in [0, 0.1) is 0 Å². The average molecular weight is 281 g/mol. The average Bonchev–Trinajstić information content (AvgIpc) is 2.95. The molecule has 3 aromatic rings. The predicted octanol–water partition coefficient (Wildman–Crippen LogP) is 2.94. The summed E-state index contributed by atoms with van der Waals surface area (Å²) in [6.07, 6.45) is 3.91. The van der Waals surface area contributed by atoms with Crippen LogP contribution in [0.5, 0.6) is 5.75 Å². The Bertz CT molecular complexity index is 693. The van der Waals surface area contributed by atoms with Gasteiger partial charge in [-0.3, -0.25) is 4.98 Å². The number of ether oxygens (including phenoxy) is 1. The maximum absolute atomic E-state index is 5.73. The first-order valence-electron chi connectivity index (χ1n) is 6.66.